The topological polar surface area (TPSA) is 131 Å². The van der Waals surface area contributed by atoms with Gasteiger partial charge in [-0.1, -0.05) is 13.0 Å². The molecule has 4 amide bonds. The van der Waals surface area contributed by atoms with Gasteiger partial charge in [0, 0.05) is 48.9 Å². The Labute approximate surface area is 203 Å². The third-order valence-electron chi connectivity index (χ3n) is 5.83. The molecule has 0 unspecified atom stereocenters. The minimum atomic E-state index is -0.681. The van der Waals surface area contributed by atoms with Crippen molar-refractivity contribution in [1.82, 2.24) is 19.8 Å². The van der Waals surface area contributed by atoms with Crippen molar-refractivity contribution in [3.63, 3.8) is 0 Å². The Bertz CT molecular complexity index is 1250. The normalized spacial score (nSPS) is 13.5. The fourth-order valence-electron chi connectivity index (χ4n) is 3.98. The summed E-state index contributed by atoms with van der Waals surface area (Å²) in [5.74, 6) is 0.257. The summed E-state index contributed by atoms with van der Waals surface area (Å²) in [6.45, 7) is 6.11. The average molecular weight is 477 g/mol. The zero-order valence-electron chi connectivity index (χ0n) is 19.8. The number of urea groups is 1. The molecule has 1 aliphatic rings. The summed E-state index contributed by atoms with van der Waals surface area (Å²) in [6, 6.07) is 10.2. The Morgan fingerprint density at radius 1 is 1.06 bits per heavy atom. The van der Waals surface area contributed by atoms with E-state index >= 15 is 0 Å². The first-order valence-electron chi connectivity index (χ1n) is 11.5. The SMILES string of the molecule is CCCOC(=O)N1CCN(C(=O)c2ccc3c(C)cc(-c4ccc(NC(N)=O)nc4)nc3c2)CC1. The van der Waals surface area contributed by atoms with E-state index in [2.05, 4.69) is 10.3 Å². The average Bonchev–Trinajstić information content (AvgIpc) is 2.86. The van der Waals surface area contributed by atoms with Crippen LogP contribution in [-0.2, 0) is 4.74 Å². The van der Waals surface area contributed by atoms with Crippen molar-refractivity contribution in [3.8, 4) is 11.3 Å². The lowest BCUT2D eigenvalue weighted by atomic mass is 10.0. The summed E-state index contributed by atoms with van der Waals surface area (Å²) in [4.78, 5) is 48.6. The lowest BCUT2D eigenvalue weighted by Gasteiger charge is -2.34. The number of carbonyl (C=O) groups is 3. The molecule has 1 aliphatic heterocycles. The van der Waals surface area contributed by atoms with Crippen LogP contribution in [-0.4, -0.2) is 70.6 Å². The molecular weight excluding hydrogens is 448 g/mol. The third-order valence-corrected chi connectivity index (χ3v) is 5.83. The molecule has 2 aromatic heterocycles. The smallest absolute Gasteiger partial charge is 0.409 e. The van der Waals surface area contributed by atoms with Crippen molar-refractivity contribution in [2.24, 2.45) is 5.73 Å². The van der Waals surface area contributed by atoms with Crippen molar-refractivity contribution < 1.29 is 19.1 Å². The number of nitrogens with one attached hydrogen (secondary N) is 1. The number of pyridine rings is 2. The minimum absolute atomic E-state index is 0.0955. The van der Waals surface area contributed by atoms with E-state index in [-0.39, 0.29) is 12.0 Å². The maximum absolute atomic E-state index is 13.2. The predicted octanol–water partition coefficient (Wildman–Crippen LogP) is 3.40. The molecular formula is C25H28N6O4. The first-order valence-corrected chi connectivity index (χ1v) is 11.5. The highest BCUT2D eigenvalue weighted by molar-refractivity contribution is 5.99. The number of nitrogens with two attached hydrogens (primary N) is 1. The summed E-state index contributed by atoms with van der Waals surface area (Å²) in [5.41, 5.74) is 8.87. The summed E-state index contributed by atoms with van der Waals surface area (Å²) in [5, 5.41) is 3.38. The van der Waals surface area contributed by atoms with Crippen LogP contribution >= 0.6 is 0 Å². The van der Waals surface area contributed by atoms with Gasteiger partial charge in [0.15, 0.2) is 0 Å². The van der Waals surface area contributed by atoms with Crippen LogP contribution in [0.3, 0.4) is 0 Å². The van der Waals surface area contributed by atoms with E-state index in [9.17, 15) is 14.4 Å². The quantitative estimate of drug-likeness (QED) is 0.580. The van der Waals surface area contributed by atoms with Crippen LogP contribution in [0.15, 0.2) is 42.6 Å². The Hall–Kier alpha value is -4.21. The lowest BCUT2D eigenvalue weighted by molar-refractivity contribution is 0.0560. The van der Waals surface area contributed by atoms with Gasteiger partial charge in [0.05, 0.1) is 17.8 Å². The maximum atomic E-state index is 13.2. The highest BCUT2D eigenvalue weighted by Crippen LogP contribution is 2.26. The second kappa shape index (κ2) is 10.4. The van der Waals surface area contributed by atoms with E-state index in [1.54, 1.807) is 34.2 Å². The van der Waals surface area contributed by atoms with Crippen molar-refractivity contribution in [3.05, 3.63) is 53.7 Å². The molecule has 3 heterocycles. The van der Waals surface area contributed by atoms with E-state index < -0.39 is 6.03 Å². The standard InChI is InChI=1S/C25H28N6O4/c1-3-12-35-25(34)31-10-8-30(9-11-31)23(32)17-4-6-19-16(2)13-20(28-21(19)14-17)18-5-7-22(27-15-18)29-24(26)33/h4-7,13-15H,3,8-12H2,1-2H3,(H3,26,27,29,33). The van der Waals surface area contributed by atoms with Crippen LogP contribution in [0.2, 0.25) is 0 Å². The number of hydrogen-bond acceptors (Lipinski definition) is 6. The second-order valence-corrected chi connectivity index (χ2v) is 8.37. The summed E-state index contributed by atoms with van der Waals surface area (Å²) in [6.07, 6.45) is 2.05. The zero-order valence-corrected chi connectivity index (χ0v) is 19.8. The van der Waals surface area contributed by atoms with Crippen molar-refractivity contribution >= 4 is 34.8 Å². The van der Waals surface area contributed by atoms with Gasteiger partial charge in [-0.2, -0.15) is 0 Å². The van der Waals surface area contributed by atoms with E-state index in [4.69, 9.17) is 15.5 Å². The Balaban J connectivity index is 1.51. The molecule has 3 aromatic rings. The van der Waals surface area contributed by atoms with Gasteiger partial charge >= 0.3 is 12.1 Å². The van der Waals surface area contributed by atoms with Gasteiger partial charge < -0.3 is 20.3 Å². The maximum Gasteiger partial charge on any atom is 0.409 e. The number of primary amides is 1. The molecule has 0 aliphatic carbocycles. The number of rotatable bonds is 5. The number of piperazine rings is 1. The molecule has 0 saturated carbocycles. The van der Waals surface area contributed by atoms with Gasteiger partial charge in [-0.05, 0) is 49.2 Å². The van der Waals surface area contributed by atoms with Gasteiger partial charge in [0.25, 0.3) is 5.91 Å². The van der Waals surface area contributed by atoms with Crippen LogP contribution in [0.5, 0.6) is 0 Å². The van der Waals surface area contributed by atoms with Crippen molar-refractivity contribution in [1.29, 1.82) is 0 Å². The lowest BCUT2D eigenvalue weighted by Crippen LogP contribution is -2.50. The second-order valence-electron chi connectivity index (χ2n) is 8.37. The predicted molar refractivity (Wildman–Crippen MR) is 132 cm³/mol. The van der Waals surface area contributed by atoms with Crippen molar-refractivity contribution in [2.75, 3.05) is 38.1 Å². The number of nitrogens with zero attached hydrogens (tertiary/aromatic N) is 4. The molecule has 0 atom stereocenters. The van der Waals surface area contributed by atoms with E-state index in [0.717, 1.165) is 22.9 Å². The number of carbonyl (C=O) groups excluding carboxylic acids is 3. The van der Waals surface area contributed by atoms with Gasteiger partial charge in [-0.15, -0.1) is 0 Å². The monoisotopic (exact) mass is 476 g/mol. The molecule has 182 valence electrons. The van der Waals surface area contributed by atoms with Crippen molar-refractivity contribution in [2.45, 2.75) is 20.3 Å². The number of hydrogen-bond donors (Lipinski definition) is 2. The highest BCUT2D eigenvalue weighted by Gasteiger charge is 2.26. The molecule has 1 fully saturated rings. The van der Waals surface area contributed by atoms with Gasteiger partial charge in [0.2, 0.25) is 0 Å². The minimum Gasteiger partial charge on any atom is -0.449 e. The molecule has 0 bridgehead atoms. The largest absolute Gasteiger partial charge is 0.449 e. The molecule has 3 N–H and O–H groups in total. The summed E-state index contributed by atoms with van der Waals surface area (Å²) in [7, 11) is 0. The number of amides is 4. The Kier molecular flexibility index (Phi) is 7.09. The number of anilines is 1. The molecule has 1 aromatic carbocycles. The number of aromatic nitrogens is 2. The first-order chi connectivity index (χ1) is 16.9. The summed E-state index contributed by atoms with van der Waals surface area (Å²) >= 11 is 0. The molecule has 35 heavy (non-hydrogen) atoms. The fourth-order valence-corrected chi connectivity index (χ4v) is 3.98. The third kappa shape index (κ3) is 5.48. The van der Waals surface area contributed by atoms with E-state index in [1.807, 2.05) is 32.0 Å². The fraction of sp³-hybridized carbons (Fsp3) is 0.320. The van der Waals surface area contributed by atoms with Gasteiger partial charge in [-0.3, -0.25) is 10.1 Å². The first kappa shape index (κ1) is 23.9. The number of ether oxygens (including phenoxy) is 1. The molecule has 10 heteroatoms. The Morgan fingerprint density at radius 3 is 2.46 bits per heavy atom. The molecule has 0 spiro atoms. The number of benzene rings is 1. The van der Waals surface area contributed by atoms with Gasteiger partial charge in [-0.25, -0.2) is 19.6 Å². The van der Waals surface area contributed by atoms with Crippen LogP contribution in [0.25, 0.3) is 22.2 Å². The van der Waals surface area contributed by atoms with Crippen LogP contribution in [0, 0.1) is 6.92 Å². The molecule has 4 rings (SSSR count). The van der Waals surface area contributed by atoms with Gasteiger partial charge in [0.1, 0.15) is 5.82 Å². The number of fused-ring (bicyclic) bond motifs is 1. The Morgan fingerprint density at radius 2 is 1.80 bits per heavy atom. The number of aryl methyl sites for hydroxylation is 1. The highest BCUT2D eigenvalue weighted by atomic mass is 16.6. The van der Waals surface area contributed by atoms with Crippen LogP contribution in [0.4, 0.5) is 15.4 Å². The molecule has 1 saturated heterocycles. The van der Waals surface area contributed by atoms with Crippen LogP contribution in [0.1, 0.15) is 29.3 Å². The zero-order chi connectivity index (χ0) is 24.9. The van der Waals surface area contributed by atoms with E-state index in [0.29, 0.717) is 55.4 Å². The summed E-state index contributed by atoms with van der Waals surface area (Å²) < 4.78 is 5.19. The molecule has 0 radical (unpaired) electrons. The van der Waals surface area contributed by atoms with Crippen LogP contribution < -0.4 is 11.1 Å². The molecule has 10 nitrogen and oxygen atoms in total. The van der Waals surface area contributed by atoms with E-state index in [1.165, 1.54) is 0 Å².